The van der Waals surface area contributed by atoms with Crippen molar-refractivity contribution < 1.29 is 14.6 Å². The molecule has 6 nitrogen and oxygen atoms in total. The molecule has 140 valence electrons. The average molecular weight is 373 g/mol. The summed E-state index contributed by atoms with van der Waals surface area (Å²) >= 11 is 0. The number of carboxylic acids is 1. The van der Waals surface area contributed by atoms with Crippen molar-refractivity contribution in [3.8, 4) is 11.8 Å². The van der Waals surface area contributed by atoms with E-state index in [1.165, 1.54) is 12.8 Å². The molecule has 28 heavy (non-hydrogen) atoms. The Kier molecular flexibility index (Phi) is 3.66. The monoisotopic (exact) mass is 373 g/mol. The molecule has 0 amide bonds. The molecule has 1 fully saturated rings. The maximum absolute atomic E-state index is 11.3. The van der Waals surface area contributed by atoms with Gasteiger partial charge >= 0.3 is 5.97 Å². The molecule has 1 aliphatic carbocycles. The third-order valence-corrected chi connectivity index (χ3v) is 5.88. The molecule has 2 heterocycles. The zero-order chi connectivity index (χ0) is 19.4. The van der Waals surface area contributed by atoms with Crippen LogP contribution in [-0.4, -0.2) is 29.4 Å². The maximum Gasteiger partial charge on any atom is 0.335 e. The lowest BCUT2D eigenvalue weighted by Crippen LogP contribution is -2.40. The van der Waals surface area contributed by atoms with Gasteiger partial charge in [-0.25, -0.2) is 4.79 Å². The van der Waals surface area contributed by atoms with Gasteiger partial charge in [-0.15, -0.1) is 0 Å². The van der Waals surface area contributed by atoms with Crippen LogP contribution in [0.4, 0.5) is 5.69 Å². The fourth-order valence-corrected chi connectivity index (χ4v) is 4.30. The molecule has 2 unspecified atom stereocenters. The Hall–Kier alpha value is -3.33. The molecule has 0 bridgehead atoms. The van der Waals surface area contributed by atoms with Crippen molar-refractivity contribution >= 4 is 17.4 Å². The molecular weight excluding hydrogens is 354 g/mol. The smallest absolute Gasteiger partial charge is 0.335 e. The first-order valence-electron chi connectivity index (χ1n) is 9.46. The Labute approximate surface area is 162 Å². The second kappa shape index (κ2) is 6.10. The molecule has 2 atom stereocenters. The van der Waals surface area contributed by atoms with Crippen molar-refractivity contribution in [1.29, 1.82) is 5.26 Å². The highest BCUT2D eigenvalue weighted by atomic mass is 16.5. The topological polar surface area (TPSA) is 85.9 Å². The first-order chi connectivity index (χ1) is 13.6. The van der Waals surface area contributed by atoms with E-state index in [4.69, 9.17) is 9.84 Å². The van der Waals surface area contributed by atoms with Crippen LogP contribution in [0.15, 0.2) is 41.5 Å². The number of hydrogen-bond donors (Lipinski definition) is 1. The van der Waals surface area contributed by atoms with Crippen molar-refractivity contribution in [3.05, 3.63) is 58.7 Å². The van der Waals surface area contributed by atoms with Crippen LogP contribution in [0.1, 0.15) is 39.9 Å². The van der Waals surface area contributed by atoms with E-state index in [-0.39, 0.29) is 17.5 Å². The molecule has 1 saturated carbocycles. The molecule has 2 aliphatic heterocycles. The SMILES string of the molecule is Cc1cc(N2N=C3c4ccc(C(=O)O)cc4OCC3C2C2CC2)ccc1C#N. The van der Waals surface area contributed by atoms with Crippen molar-refractivity contribution in [3.63, 3.8) is 0 Å². The van der Waals surface area contributed by atoms with Crippen LogP contribution in [0.3, 0.4) is 0 Å². The van der Waals surface area contributed by atoms with Crippen LogP contribution in [0.2, 0.25) is 0 Å². The summed E-state index contributed by atoms with van der Waals surface area (Å²) in [6.45, 7) is 2.44. The number of benzene rings is 2. The van der Waals surface area contributed by atoms with Gasteiger partial charge in [-0.05, 0) is 67.6 Å². The summed E-state index contributed by atoms with van der Waals surface area (Å²) in [5, 5.41) is 25.5. The summed E-state index contributed by atoms with van der Waals surface area (Å²) in [6.07, 6.45) is 2.36. The van der Waals surface area contributed by atoms with E-state index in [1.807, 2.05) is 25.1 Å². The third kappa shape index (κ3) is 2.55. The quantitative estimate of drug-likeness (QED) is 0.889. The molecule has 1 N–H and O–H groups in total. The molecule has 3 aliphatic rings. The highest BCUT2D eigenvalue weighted by Gasteiger charge is 2.49. The molecule has 0 spiro atoms. The van der Waals surface area contributed by atoms with Gasteiger partial charge in [0.05, 0.1) is 47.2 Å². The van der Waals surface area contributed by atoms with Gasteiger partial charge in [0.15, 0.2) is 0 Å². The van der Waals surface area contributed by atoms with Gasteiger partial charge in [0.1, 0.15) is 5.75 Å². The molecule has 0 saturated heterocycles. The summed E-state index contributed by atoms with van der Waals surface area (Å²) in [7, 11) is 0. The molecule has 2 aromatic rings. The number of carboxylic acid groups (broad SMARTS) is 1. The van der Waals surface area contributed by atoms with Gasteiger partial charge in [0, 0.05) is 5.56 Å². The Bertz CT molecular complexity index is 1070. The number of hydrazone groups is 1. The summed E-state index contributed by atoms with van der Waals surface area (Å²) in [5.74, 6) is 0.354. The number of aryl methyl sites for hydroxylation is 1. The van der Waals surface area contributed by atoms with Crippen LogP contribution in [-0.2, 0) is 0 Å². The molecule has 2 aromatic carbocycles. The second-order valence-corrected chi connectivity index (χ2v) is 7.70. The van der Waals surface area contributed by atoms with E-state index in [9.17, 15) is 15.2 Å². The van der Waals surface area contributed by atoms with Gasteiger partial charge in [-0.2, -0.15) is 10.4 Å². The minimum atomic E-state index is -0.965. The van der Waals surface area contributed by atoms with Crippen molar-refractivity contribution in [2.45, 2.75) is 25.8 Å². The molecular formula is C22H19N3O3. The number of ether oxygens (including phenoxy) is 1. The number of rotatable bonds is 3. The van der Waals surface area contributed by atoms with Crippen LogP contribution >= 0.6 is 0 Å². The molecule has 0 aromatic heterocycles. The van der Waals surface area contributed by atoms with Crippen LogP contribution < -0.4 is 9.75 Å². The Balaban J connectivity index is 1.58. The number of hydrogen-bond acceptors (Lipinski definition) is 5. The molecule has 6 heteroatoms. The van der Waals surface area contributed by atoms with Gasteiger partial charge < -0.3 is 9.84 Å². The van der Waals surface area contributed by atoms with E-state index in [1.54, 1.807) is 18.2 Å². The van der Waals surface area contributed by atoms with E-state index in [2.05, 4.69) is 11.1 Å². The fourth-order valence-electron chi connectivity index (χ4n) is 4.30. The highest BCUT2D eigenvalue weighted by Crippen LogP contribution is 2.47. The zero-order valence-corrected chi connectivity index (χ0v) is 15.4. The number of nitrogens with zero attached hydrogens (tertiary/aromatic N) is 3. The zero-order valence-electron chi connectivity index (χ0n) is 15.4. The lowest BCUT2D eigenvalue weighted by atomic mass is 9.86. The predicted molar refractivity (Wildman–Crippen MR) is 104 cm³/mol. The number of anilines is 1. The van der Waals surface area contributed by atoms with E-state index >= 15 is 0 Å². The van der Waals surface area contributed by atoms with Gasteiger partial charge in [-0.1, -0.05) is 0 Å². The Morgan fingerprint density at radius 3 is 2.79 bits per heavy atom. The lowest BCUT2D eigenvalue weighted by molar-refractivity contribution is 0.0696. The van der Waals surface area contributed by atoms with Crippen LogP contribution in [0.5, 0.6) is 5.75 Å². The standard InChI is InChI=1S/C22H19N3O3/c1-12-8-16(6-4-15(12)10-23)25-21(13-2-3-13)18-11-28-19-9-14(22(26)27)5-7-17(19)20(18)24-25/h4-9,13,18,21H,2-3,11H2,1H3,(H,26,27). The summed E-state index contributed by atoms with van der Waals surface area (Å²) in [6, 6.07) is 13.3. The normalized spacial score (nSPS) is 22.6. The van der Waals surface area contributed by atoms with Crippen molar-refractivity contribution in [1.82, 2.24) is 0 Å². The Morgan fingerprint density at radius 2 is 2.11 bits per heavy atom. The highest BCUT2D eigenvalue weighted by molar-refractivity contribution is 6.08. The van der Waals surface area contributed by atoms with E-state index in [0.717, 1.165) is 22.5 Å². The van der Waals surface area contributed by atoms with E-state index < -0.39 is 5.97 Å². The molecule has 0 radical (unpaired) electrons. The number of aromatic carboxylic acids is 1. The molecule has 5 rings (SSSR count). The first-order valence-corrected chi connectivity index (χ1v) is 9.46. The summed E-state index contributed by atoms with van der Waals surface area (Å²) in [4.78, 5) is 11.3. The van der Waals surface area contributed by atoms with Gasteiger partial charge in [0.2, 0.25) is 0 Å². The minimum Gasteiger partial charge on any atom is -0.492 e. The maximum atomic E-state index is 11.3. The summed E-state index contributed by atoms with van der Waals surface area (Å²) in [5.41, 5.74) is 4.66. The van der Waals surface area contributed by atoms with E-state index in [0.29, 0.717) is 23.8 Å². The third-order valence-electron chi connectivity index (χ3n) is 5.88. The number of nitriles is 1. The summed E-state index contributed by atoms with van der Waals surface area (Å²) < 4.78 is 5.97. The van der Waals surface area contributed by atoms with Gasteiger partial charge in [-0.3, -0.25) is 5.01 Å². The van der Waals surface area contributed by atoms with Gasteiger partial charge in [0.25, 0.3) is 0 Å². The lowest BCUT2D eigenvalue weighted by Gasteiger charge is -2.30. The average Bonchev–Trinajstić information content (AvgIpc) is 3.46. The fraction of sp³-hybridized carbons (Fsp3) is 0.318. The number of carbonyl (C=O) groups is 1. The van der Waals surface area contributed by atoms with Crippen LogP contribution in [0.25, 0.3) is 0 Å². The van der Waals surface area contributed by atoms with Crippen LogP contribution in [0, 0.1) is 30.1 Å². The minimum absolute atomic E-state index is 0.159. The Morgan fingerprint density at radius 1 is 1.29 bits per heavy atom. The second-order valence-electron chi connectivity index (χ2n) is 7.70. The van der Waals surface area contributed by atoms with Crippen molar-refractivity contribution in [2.24, 2.45) is 16.9 Å². The largest absolute Gasteiger partial charge is 0.492 e. The first kappa shape index (κ1) is 16.8. The predicted octanol–water partition coefficient (Wildman–Crippen LogP) is 3.58. The van der Waals surface area contributed by atoms with Crippen molar-refractivity contribution in [2.75, 3.05) is 11.6 Å². The number of fused-ring (bicyclic) bond motifs is 3.